The summed E-state index contributed by atoms with van der Waals surface area (Å²) in [4.78, 5) is 20.1. The molecular formula is C21H23ClF2N6O2. The Morgan fingerprint density at radius 1 is 1.25 bits per heavy atom. The minimum atomic E-state index is -0.862. The van der Waals surface area contributed by atoms with Gasteiger partial charge in [0.2, 0.25) is 0 Å². The van der Waals surface area contributed by atoms with Crippen LogP contribution in [0.2, 0.25) is 0 Å². The molecular weight excluding hydrogens is 442 g/mol. The molecule has 5 rings (SSSR count). The van der Waals surface area contributed by atoms with E-state index in [1.54, 1.807) is 19.1 Å². The number of carbonyl (C=O) groups is 1. The van der Waals surface area contributed by atoms with E-state index in [0.717, 1.165) is 18.6 Å². The van der Waals surface area contributed by atoms with Gasteiger partial charge >= 0.3 is 6.03 Å². The maximum Gasteiger partial charge on any atom is 0.323 e. The smallest absolute Gasteiger partial charge is 0.323 e. The SMILES string of the molecule is CC1(O)CN(C(=O)Nc2cnc3ccc(N4CCC[C@@H]4c4cc(F)ccc4F)nn23)C1.Cl. The Balaban J connectivity index is 0.00000245. The molecule has 8 nitrogen and oxygen atoms in total. The van der Waals surface area contributed by atoms with Gasteiger partial charge in [0, 0.05) is 12.1 Å². The van der Waals surface area contributed by atoms with E-state index in [0.29, 0.717) is 35.8 Å². The van der Waals surface area contributed by atoms with Crippen molar-refractivity contribution in [2.24, 2.45) is 0 Å². The molecule has 2 aliphatic rings. The predicted octanol–water partition coefficient (Wildman–Crippen LogP) is 3.37. The summed E-state index contributed by atoms with van der Waals surface area (Å²) < 4.78 is 29.7. The van der Waals surface area contributed by atoms with Gasteiger partial charge in [0.1, 0.15) is 17.5 Å². The lowest BCUT2D eigenvalue weighted by atomic mass is 9.98. The van der Waals surface area contributed by atoms with Crippen LogP contribution < -0.4 is 10.2 Å². The van der Waals surface area contributed by atoms with E-state index in [9.17, 15) is 18.7 Å². The molecule has 2 aromatic heterocycles. The van der Waals surface area contributed by atoms with Gasteiger partial charge in [-0.2, -0.15) is 4.52 Å². The van der Waals surface area contributed by atoms with E-state index in [1.165, 1.54) is 21.7 Å². The quantitative estimate of drug-likeness (QED) is 0.620. The molecule has 170 valence electrons. The number of hydrogen-bond acceptors (Lipinski definition) is 5. The zero-order valence-electron chi connectivity index (χ0n) is 17.3. The first kappa shape index (κ1) is 22.2. The van der Waals surface area contributed by atoms with E-state index in [1.807, 2.05) is 4.90 Å². The number of urea groups is 1. The highest BCUT2D eigenvalue weighted by Gasteiger charge is 2.39. The van der Waals surface area contributed by atoms with Crippen molar-refractivity contribution in [1.29, 1.82) is 0 Å². The second-order valence-electron chi connectivity index (χ2n) is 8.41. The molecule has 11 heteroatoms. The lowest BCUT2D eigenvalue weighted by molar-refractivity contribution is -0.0582. The number of imidazole rings is 1. The van der Waals surface area contributed by atoms with Crippen molar-refractivity contribution >= 4 is 35.7 Å². The van der Waals surface area contributed by atoms with Crippen LogP contribution in [0.15, 0.2) is 36.5 Å². The molecule has 0 bridgehead atoms. The molecule has 1 aromatic carbocycles. The molecule has 0 unspecified atom stereocenters. The summed E-state index contributed by atoms with van der Waals surface area (Å²) in [6, 6.07) is 6.38. The molecule has 2 N–H and O–H groups in total. The maximum absolute atomic E-state index is 14.4. The van der Waals surface area contributed by atoms with E-state index in [2.05, 4.69) is 15.4 Å². The van der Waals surface area contributed by atoms with Gasteiger partial charge in [-0.15, -0.1) is 17.5 Å². The van der Waals surface area contributed by atoms with Crippen molar-refractivity contribution < 1.29 is 18.7 Å². The molecule has 0 radical (unpaired) electrons. The summed E-state index contributed by atoms with van der Waals surface area (Å²) in [5.74, 6) is 0.0525. The van der Waals surface area contributed by atoms with Gasteiger partial charge in [-0.05, 0) is 50.1 Å². The summed E-state index contributed by atoms with van der Waals surface area (Å²) in [5, 5.41) is 17.2. The fourth-order valence-electron chi connectivity index (χ4n) is 4.34. The van der Waals surface area contributed by atoms with Gasteiger partial charge < -0.3 is 14.9 Å². The van der Waals surface area contributed by atoms with Crippen LogP contribution in [0.25, 0.3) is 5.65 Å². The van der Waals surface area contributed by atoms with Crippen LogP contribution in [0, 0.1) is 11.6 Å². The number of carbonyl (C=O) groups excluding carboxylic acids is 1. The minimum Gasteiger partial charge on any atom is -0.386 e. The molecule has 2 amide bonds. The van der Waals surface area contributed by atoms with Gasteiger partial charge in [0.15, 0.2) is 11.5 Å². The molecule has 0 spiro atoms. The Morgan fingerprint density at radius 2 is 2.03 bits per heavy atom. The van der Waals surface area contributed by atoms with Gasteiger partial charge in [0.25, 0.3) is 0 Å². The van der Waals surface area contributed by atoms with E-state index in [4.69, 9.17) is 0 Å². The van der Waals surface area contributed by atoms with Gasteiger partial charge in [-0.3, -0.25) is 5.32 Å². The highest BCUT2D eigenvalue weighted by Crippen LogP contribution is 2.36. The summed E-state index contributed by atoms with van der Waals surface area (Å²) in [7, 11) is 0. The van der Waals surface area contributed by atoms with Gasteiger partial charge in [0.05, 0.1) is 30.9 Å². The number of benzene rings is 1. The molecule has 4 heterocycles. The maximum atomic E-state index is 14.4. The summed E-state index contributed by atoms with van der Waals surface area (Å²) >= 11 is 0. The second kappa shape index (κ2) is 8.18. The number of hydrogen-bond donors (Lipinski definition) is 2. The number of fused-ring (bicyclic) bond motifs is 1. The third-order valence-corrected chi connectivity index (χ3v) is 5.80. The first-order chi connectivity index (χ1) is 14.8. The number of anilines is 2. The average molecular weight is 465 g/mol. The van der Waals surface area contributed by atoms with Crippen LogP contribution in [-0.2, 0) is 0 Å². The number of amides is 2. The monoisotopic (exact) mass is 464 g/mol. The topological polar surface area (TPSA) is 86.0 Å². The Morgan fingerprint density at radius 3 is 2.78 bits per heavy atom. The average Bonchev–Trinajstić information content (AvgIpc) is 3.35. The largest absolute Gasteiger partial charge is 0.386 e. The fraction of sp³-hybridized carbons (Fsp3) is 0.381. The second-order valence-corrected chi connectivity index (χ2v) is 8.41. The zero-order chi connectivity index (χ0) is 21.8. The molecule has 0 aliphatic carbocycles. The van der Waals surface area contributed by atoms with Crippen molar-refractivity contribution in [3.8, 4) is 0 Å². The zero-order valence-corrected chi connectivity index (χ0v) is 18.1. The number of aromatic nitrogens is 3. The highest BCUT2D eigenvalue weighted by atomic mass is 35.5. The number of aliphatic hydroxyl groups is 1. The third kappa shape index (κ3) is 3.95. The number of likely N-dealkylation sites (tertiary alicyclic amines) is 1. The molecule has 3 aromatic rings. The Hall–Kier alpha value is -2.98. The number of β-amino-alcohol motifs (C(OH)–C–C–N with tert-alkyl or cyclic N) is 1. The number of nitrogens with one attached hydrogen (secondary N) is 1. The van der Waals surface area contributed by atoms with Crippen LogP contribution >= 0.6 is 12.4 Å². The van der Waals surface area contributed by atoms with Crippen LogP contribution in [0.3, 0.4) is 0 Å². The summed E-state index contributed by atoms with van der Waals surface area (Å²) in [6.45, 7) is 2.83. The lowest BCUT2D eigenvalue weighted by Crippen LogP contribution is -2.62. The normalized spacial score (nSPS) is 19.6. The predicted molar refractivity (Wildman–Crippen MR) is 117 cm³/mol. The van der Waals surface area contributed by atoms with Crippen LogP contribution in [0.5, 0.6) is 0 Å². The third-order valence-electron chi connectivity index (χ3n) is 5.80. The minimum absolute atomic E-state index is 0. The molecule has 2 aliphatic heterocycles. The first-order valence-corrected chi connectivity index (χ1v) is 10.2. The van der Waals surface area contributed by atoms with Crippen molar-refractivity contribution in [3.63, 3.8) is 0 Å². The van der Waals surface area contributed by atoms with Crippen molar-refractivity contribution in [2.75, 3.05) is 29.9 Å². The van der Waals surface area contributed by atoms with Crippen molar-refractivity contribution in [3.05, 3.63) is 53.7 Å². The summed E-state index contributed by atoms with van der Waals surface area (Å²) in [6.07, 6.45) is 3.01. The Labute approximate surface area is 189 Å². The van der Waals surface area contributed by atoms with Crippen LogP contribution in [0.4, 0.5) is 25.2 Å². The van der Waals surface area contributed by atoms with E-state index in [-0.39, 0.29) is 37.6 Å². The van der Waals surface area contributed by atoms with E-state index < -0.39 is 17.2 Å². The Kier molecular flexibility index (Phi) is 5.68. The lowest BCUT2D eigenvalue weighted by Gasteiger charge is -2.43. The standard InChI is InChI=1S/C21H22F2N6O2.ClH/c1-21(31)11-27(12-21)20(30)25-19-10-24-17-6-7-18(26-29(17)19)28-8-2-3-16(28)14-9-13(22)4-5-15(14)23;/h4-7,9-10,16,31H,2-3,8,11-12H2,1H3,(H,25,30);1H/t16-;/m1./s1. The van der Waals surface area contributed by atoms with Crippen molar-refractivity contribution in [1.82, 2.24) is 19.5 Å². The summed E-state index contributed by atoms with van der Waals surface area (Å²) in [5.41, 5.74) is -0.00938. The molecule has 2 saturated heterocycles. The molecule has 2 fully saturated rings. The van der Waals surface area contributed by atoms with Gasteiger partial charge in [-0.1, -0.05) is 0 Å². The fourth-order valence-corrected chi connectivity index (χ4v) is 4.34. The molecule has 1 atom stereocenters. The molecule has 0 saturated carbocycles. The number of nitrogens with zero attached hydrogens (tertiary/aromatic N) is 5. The van der Waals surface area contributed by atoms with Crippen molar-refractivity contribution in [2.45, 2.75) is 31.4 Å². The van der Waals surface area contributed by atoms with Crippen LogP contribution in [-0.4, -0.2) is 55.9 Å². The van der Waals surface area contributed by atoms with E-state index >= 15 is 0 Å². The molecule has 32 heavy (non-hydrogen) atoms. The first-order valence-electron chi connectivity index (χ1n) is 10.2. The highest BCUT2D eigenvalue weighted by molar-refractivity contribution is 5.89. The van der Waals surface area contributed by atoms with Crippen LogP contribution in [0.1, 0.15) is 31.4 Å². The number of halogens is 3. The number of rotatable bonds is 3. The van der Waals surface area contributed by atoms with Gasteiger partial charge in [-0.25, -0.2) is 18.6 Å². The Bertz CT molecular complexity index is 1160.